The molecule has 3 amide bonds. The summed E-state index contributed by atoms with van der Waals surface area (Å²) in [5.41, 5.74) is 3.96. The summed E-state index contributed by atoms with van der Waals surface area (Å²) in [7, 11) is 1.29. The molecule has 0 atom stereocenters. The predicted molar refractivity (Wildman–Crippen MR) is 137 cm³/mol. The van der Waals surface area contributed by atoms with E-state index in [2.05, 4.69) is 15.4 Å². The van der Waals surface area contributed by atoms with Crippen molar-refractivity contribution < 1.29 is 23.9 Å². The van der Waals surface area contributed by atoms with Gasteiger partial charge in [-0.1, -0.05) is 17.7 Å². The molecule has 0 unspecified atom stereocenters. The number of aryl methyl sites for hydroxylation is 2. The fraction of sp³-hybridized carbons (Fsp3) is 0.111. The van der Waals surface area contributed by atoms with Gasteiger partial charge in [0, 0.05) is 16.9 Å². The number of carbonyl (C=O) groups is 4. The van der Waals surface area contributed by atoms with Gasteiger partial charge in [0.1, 0.15) is 10.7 Å². The van der Waals surface area contributed by atoms with Gasteiger partial charge in [-0.15, -0.1) is 0 Å². The first kappa shape index (κ1) is 24.7. The molecule has 3 aromatic carbocycles. The lowest BCUT2D eigenvalue weighted by molar-refractivity contribution is -0.120. The Morgan fingerprint density at radius 3 is 1.94 bits per heavy atom. The highest BCUT2D eigenvalue weighted by Crippen LogP contribution is 2.31. The van der Waals surface area contributed by atoms with Crippen molar-refractivity contribution in [3.05, 3.63) is 99.7 Å². The number of anilines is 3. The van der Waals surface area contributed by atoms with Crippen molar-refractivity contribution in [1.29, 1.82) is 0 Å². The third kappa shape index (κ3) is 4.99. The number of ether oxygens (including phenoxy) is 1. The fourth-order valence-electron chi connectivity index (χ4n) is 3.79. The van der Waals surface area contributed by atoms with E-state index in [1.807, 2.05) is 19.9 Å². The molecule has 0 saturated carbocycles. The molecule has 0 saturated heterocycles. The molecule has 0 fully saturated rings. The molecule has 0 spiro atoms. The quantitative estimate of drug-likeness (QED) is 0.370. The van der Waals surface area contributed by atoms with Crippen LogP contribution in [0, 0.1) is 13.8 Å². The molecule has 2 N–H and O–H groups in total. The second-order valence-corrected chi connectivity index (χ2v) is 8.58. The number of benzene rings is 3. The van der Waals surface area contributed by atoms with E-state index >= 15 is 0 Å². The minimum Gasteiger partial charge on any atom is -0.465 e. The molecule has 4 rings (SSSR count). The number of methoxy groups -OCH3 is 1. The van der Waals surface area contributed by atoms with Crippen LogP contribution in [0.15, 0.2) is 77.5 Å². The van der Waals surface area contributed by atoms with Gasteiger partial charge in [0.2, 0.25) is 0 Å². The zero-order valence-electron chi connectivity index (χ0n) is 19.7. The monoisotopic (exact) mass is 503 g/mol. The van der Waals surface area contributed by atoms with Gasteiger partial charge in [-0.05, 0) is 85.6 Å². The molecule has 0 aromatic heterocycles. The Morgan fingerprint density at radius 2 is 1.36 bits per heavy atom. The minimum absolute atomic E-state index is 0.0382. The van der Waals surface area contributed by atoms with Crippen LogP contribution >= 0.6 is 11.6 Å². The maximum atomic E-state index is 13.0. The number of nitrogens with one attached hydrogen (secondary N) is 2. The molecule has 0 radical (unpaired) electrons. The van der Waals surface area contributed by atoms with Crippen LogP contribution in [-0.4, -0.2) is 30.8 Å². The number of rotatable bonds is 6. The van der Waals surface area contributed by atoms with Gasteiger partial charge in [0.25, 0.3) is 17.7 Å². The normalized spacial score (nSPS) is 13.2. The van der Waals surface area contributed by atoms with E-state index in [1.54, 1.807) is 60.7 Å². The molecule has 182 valence electrons. The van der Waals surface area contributed by atoms with E-state index in [0.29, 0.717) is 28.2 Å². The number of halogens is 1. The van der Waals surface area contributed by atoms with Crippen molar-refractivity contribution in [2.24, 2.45) is 0 Å². The van der Waals surface area contributed by atoms with Crippen molar-refractivity contribution in [2.45, 2.75) is 13.8 Å². The molecule has 8 nitrogen and oxygen atoms in total. The molecule has 0 bridgehead atoms. The fourth-order valence-corrected chi connectivity index (χ4v) is 4.00. The SMILES string of the molecule is COC(=O)c1ccc(NC(=O)c2ccc(NC3=C(Cl)C(=O)N(c4cc(C)cc(C)c4)C3=O)cc2)cc1. The number of carbonyl (C=O) groups excluding carboxylic acids is 4. The third-order valence-electron chi connectivity index (χ3n) is 5.47. The Balaban J connectivity index is 1.45. The topological polar surface area (TPSA) is 105 Å². The van der Waals surface area contributed by atoms with Gasteiger partial charge >= 0.3 is 5.97 Å². The van der Waals surface area contributed by atoms with Crippen molar-refractivity contribution in [1.82, 2.24) is 0 Å². The average Bonchev–Trinajstić information content (AvgIpc) is 3.06. The summed E-state index contributed by atoms with van der Waals surface area (Å²) in [5.74, 6) is -2.00. The van der Waals surface area contributed by atoms with Gasteiger partial charge in [-0.3, -0.25) is 14.4 Å². The lowest BCUT2D eigenvalue weighted by Crippen LogP contribution is -2.32. The molecule has 1 aliphatic heterocycles. The van der Waals surface area contributed by atoms with Gasteiger partial charge in [-0.2, -0.15) is 0 Å². The first-order valence-electron chi connectivity index (χ1n) is 10.9. The van der Waals surface area contributed by atoms with Crippen LogP contribution in [0.3, 0.4) is 0 Å². The van der Waals surface area contributed by atoms with Crippen molar-refractivity contribution in [3.8, 4) is 0 Å². The highest BCUT2D eigenvalue weighted by atomic mass is 35.5. The summed E-state index contributed by atoms with van der Waals surface area (Å²) < 4.78 is 4.66. The van der Waals surface area contributed by atoms with E-state index in [4.69, 9.17) is 11.6 Å². The highest BCUT2D eigenvalue weighted by molar-refractivity contribution is 6.53. The third-order valence-corrected chi connectivity index (χ3v) is 5.82. The minimum atomic E-state index is -0.608. The van der Waals surface area contributed by atoms with Crippen molar-refractivity contribution in [2.75, 3.05) is 22.6 Å². The summed E-state index contributed by atoms with van der Waals surface area (Å²) in [6.45, 7) is 3.76. The molecular formula is C27H22ClN3O5. The lowest BCUT2D eigenvalue weighted by Gasteiger charge is -2.16. The molecule has 0 aliphatic carbocycles. The van der Waals surface area contributed by atoms with E-state index in [9.17, 15) is 19.2 Å². The zero-order chi connectivity index (χ0) is 26.0. The van der Waals surface area contributed by atoms with E-state index in [-0.39, 0.29) is 16.6 Å². The second kappa shape index (κ2) is 10.1. The first-order valence-corrected chi connectivity index (χ1v) is 11.3. The number of esters is 1. The Bertz CT molecular complexity index is 1390. The molecule has 1 heterocycles. The van der Waals surface area contributed by atoms with Gasteiger partial charge in [0.05, 0.1) is 18.4 Å². The smallest absolute Gasteiger partial charge is 0.337 e. The number of nitrogens with zero attached hydrogens (tertiary/aromatic N) is 1. The Hall–Kier alpha value is -4.43. The van der Waals surface area contributed by atoms with Crippen molar-refractivity contribution >= 4 is 52.4 Å². The summed E-state index contributed by atoms with van der Waals surface area (Å²) in [6.07, 6.45) is 0. The summed E-state index contributed by atoms with van der Waals surface area (Å²) in [6, 6.07) is 18.1. The number of amides is 3. The molecule has 1 aliphatic rings. The highest BCUT2D eigenvalue weighted by Gasteiger charge is 2.39. The van der Waals surface area contributed by atoms with Crippen LogP contribution in [0.1, 0.15) is 31.8 Å². The molecule has 9 heteroatoms. The first-order chi connectivity index (χ1) is 17.2. The van der Waals surface area contributed by atoms with Crippen LogP contribution in [0.4, 0.5) is 17.1 Å². The summed E-state index contributed by atoms with van der Waals surface area (Å²) >= 11 is 6.22. The molecule has 36 heavy (non-hydrogen) atoms. The summed E-state index contributed by atoms with van der Waals surface area (Å²) in [5, 5.41) is 5.43. The van der Waals surface area contributed by atoms with Crippen LogP contribution in [-0.2, 0) is 14.3 Å². The largest absolute Gasteiger partial charge is 0.465 e. The second-order valence-electron chi connectivity index (χ2n) is 8.21. The predicted octanol–water partition coefficient (Wildman–Crippen LogP) is 4.78. The Kier molecular flexibility index (Phi) is 6.89. The number of hydrogen-bond donors (Lipinski definition) is 2. The number of imide groups is 1. The van der Waals surface area contributed by atoms with Gasteiger partial charge in [-0.25, -0.2) is 9.69 Å². The van der Waals surface area contributed by atoms with Crippen LogP contribution < -0.4 is 15.5 Å². The van der Waals surface area contributed by atoms with E-state index < -0.39 is 17.8 Å². The number of hydrogen-bond acceptors (Lipinski definition) is 6. The van der Waals surface area contributed by atoms with E-state index in [0.717, 1.165) is 16.0 Å². The lowest BCUT2D eigenvalue weighted by atomic mass is 10.1. The Morgan fingerprint density at radius 1 is 0.806 bits per heavy atom. The maximum Gasteiger partial charge on any atom is 0.337 e. The standard InChI is InChI=1S/C27H22ClN3O5/c1-15-12-16(2)14-21(13-15)31-25(33)22(28)23(26(31)34)29-19-8-4-17(5-9-19)24(32)30-20-10-6-18(7-11-20)27(35)36-3/h4-14,29H,1-3H3,(H,30,32). The van der Waals surface area contributed by atoms with Crippen LogP contribution in [0.25, 0.3) is 0 Å². The maximum absolute atomic E-state index is 13.0. The average molecular weight is 504 g/mol. The Labute approximate surface area is 212 Å². The summed E-state index contributed by atoms with van der Waals surface area (Å²) in [4.78, 5) is 50.9. The van der Waals surface area contributed by atoms with E-state index in [1.165, 1.54) is 7.11 Å². The van der Waals surface area contributed by atoms with Crippen LogP contribution in [0.2, 0.25) is 0 Å². The van der Waals surface area contributed by atoms with Gasteiger partial charge < -0.3 is 15.4 Å². The zero-order valence-corrected chi connectivity index (χ0v) is 20.5. The van der Waals surface area contributed by atoms with Crippen molar-refractivity contribution in [3.63, 3.8) is 0 Å². The van der Waals surface area contributed by atoms with Gasteiger partial charge in [0.15, 0.2) is 0 Å². The molecular weight excluding hydrogens is 482 g/mol. The molecule has 3 aromatic rings. The van der Waals surface area contributed by atoms with Crippen LogP contribution in [0.5, 0.6) is 0 Å².